The van der Waals surface area contributed by atoms with E-state index in [9.17, 15) is 18.6 Å². The number of nitrogens with one attached hydrogen (secondary N) is 1. The van der Waals surface area contributed by atoms with Crippen LogP contribution in [0.3, 0.4) is 0 Å². The first-order valence-electron chi connectivity index (χ1n) is 9.52. The van der Waals surface area contributed by atoms with E-state index in [0.29, 0.717) is 30.6 Å². The third-order valence-electron chi connectivity index (χ3n) is 5.04. The Morgan fingerprint density at radius 1 is 1.15 bits per heavy atom. The van der Waals surface area contributed by atoms with Gasteiger partial charge in [-0.15, -0.1) is 0 Å². The van der Waals surface area contributed by atoms with Crippen molar-refractivity contribution in [3.8, 4) is 0 Å². The molecule has 1 aromatic carbocycles. The fourth-order valence-corrected chi connectivity index (χ4v) is 4.05. The number of hydrogen-bond donors (Lipinski definition) is 3. The van der Waals surface area contributed by atoms with Crippen molar-refractivity contribution in [3.05, 3.63) is 29.8 Å². The van der Waals surface area contributed by atoms with Gasteiger partial charge in [0.15, 0.2) is 0 Å². The molecule has 0 saturated heterocycles. The van der Waals surface area contributed by atoms with Gasteiger partial charge in [-0.1, -0.05) is 44.7 Å². The Hall–Kier alpha value is -1.15. The van der Waals surface area contributed by atoms with Gasteiger partial charge in [-0.3, -0.25) is 0 Å². The molecule has 6 nitrogen and oxygen atoms in total. The highest BCUT2D eigenvalue weighted by Gasteiger charge is 2.42. The predicted octanol–water partition coefficient (Wildman–Crippen LogP) is 2.88. The summed E-state index contributed by atoms with van der Waals surface area (Å²) < 4.78 is 25.4. The average molecular weight is 385 g/mol. The van der Waals surface area contributed by atoms with Crippen LogP contribution in [0, 0.1) is 0 Å². The summed E-state index contributed by atoms with van der Waals surface area (Å²) in [5.74, 6) is 0. The molecule has 0 aromatic heterocycles. The molecule has 0 amide bonds. The zero-order chi connectivity index (χ0) is 19.2. The summed E-state index contributed by atoms with van der Waals surface area (Å²) >= 11 is 0. The highest BCUT2D eigenvalue weighted by Crippen LogP contribution is 2.42. The van der Waals surface area contributed by atoms with Crippen LogP contribution in [0.5, 0.6) is 0 Å². The van der Waals surface area contributed by atoms with Gasteiger partial charge < -0.3 is 10.2 Å². The lowest BCUT2D eigenvalue weighted by molar-refractivity contribution is -0.127. The Balaban J connectivity index is 1.99. The van der Waals surface area contributed by atoms with Crippen molar-refractivity contribution in [1.29, 1.82) is 0 Å². The molecule has 3 N–H and O–H groups in total. The zero-order valence-electron chi connectivity index (χ0n) is 15.8. The Morgan fingerprint density at radius 2 is 1.77 bits per heavy atom. The molecule has 7 heteroatoms. The van der Waals surface area contributed by atoms with Crippen LogP contribution in [0.15, 0.2) is 24.3 Å². The van der Waals surface area contributed by atoms with Crippen molar-refractivity contribution in [1.82, 2.24) is 5.43 Å². The van der Waals surface area contributed by atoms with Gasteiger partial charge in [0.2, 0.25) is 10.0 Å². The van der Waals surface area contributed by atoms with Gasteiger partial charge in [0.25, 0.3) is 0 Å². The summed E-state index contributed by atoms with van der Waals surface area (Å²) in [6.07, 6.45) is 7.83. The summed E-state index contributed by atoms with van der Waals surface area (Å²) in [5, 5.41) is 20.6. The van der Waals surface area contributed by atoms with Crippen LogP contribution in [-0.4, -0.2) is 37.0 Å². The molecular weight excluding hydrogens is 352 g/mol. The second-order valence-corrected chi connectivity index (χ2v) is 9.13. The quantitative estimate of drug-likeness (QED) is 0.403. The molecule has 1 aromatic rings. The van der Waals surface area contributed by atoms with E-state index in [-0.39, 0.29) is 0 Å². The fraction of sp³-hybridized carbons (Fsp3) is 0.684. The van der Waals surface area contributed by atoms with Gasteiger partial charge in [0.05, 0.1) is 17.5 Å². The van der Waals surface area contributed by atoms with E-state index >= 15 is 0 Å². The molecule has 0 bridgehead atoms. The average Bonchev–Trinajstić information content (AvgIpc) is 2.57. The molecular formula is C19H32N2O4S. The number of hydrogen-bond acceptors (Lipinski definition) is 5. The van der Waals surface area contributed by atoms with Crippen molar-refractivity contribution >= 4 is 15.7 Å². The summed E-state index contributed by atoms with van der Waals surface area (Å²) in [7, 11) is -3.46. The van der Waals surface area contributed by atoms with Crippen LogP contribution in [0.1, 0.15) is 70.0 Å². The van der Waals surface area contributed by atoms with Crippen molar-refractivity contribution < 1.29 is 18.6 Å². The molecule has 1 atom stereocenters. The third kappa shape index (κ3) is 5.42. The Labute approximate surface area is 157 Å². The topological polar surface area (TPSA) is 89.9 Å². The lowest BCUT2D eigenvalue weighted by atomic mass is 9.74. The molecule has 1 aliphatic carbocycles. The number of benzene rings is 1. The Morgan fingerprint density at radius 3 is 2.27 bits per heavy atom. The first-order chi connectivity index (χ1) is 12.3. The molecule has 1 fully saturated rings. The van der Waals surface area contributed by atoms with Gasteiger partial charge in [-0.25, -0.2) is 18.3 Å². The van der Waals surface area contributed by atoms with Crippen LogP contribution >= 0.6 is 0 Å². The number of unbranched alkanes of at least 4 members (excludes halogenated alkanes) is 4. The van der Waals surface area contributed by atoms with Crippen LogP contribution in [0.25, 0.3) is 0 Å². The number of aliphatic hydroxyl groups is 2. The van der Waals surface area contributed by atoms with Crippen molar-refractivity contribution in [2.75, 3.05) is 17.2 Å². The Kier molecular flexibility index (Phi) is 7.46. The molecule has 0 radical (unpaired) electrons. The summed E-state index contributed by atoms with van der Waals surface area (Å²) in [5.41, 5.74) is 3.04. The summed E-state index contributed by atoms with van der Waals surface area (Å²) in [4.78, 5) is 0. The van der Waals surface area contributed by atoms with Gasteiger partial charge in [0.1, 0.15) is 6.10 Å². The number of nitrogens with zero attached hydrogens (tertiary/aromatic N) is 1. The molecule has 26 heavy (non-hydrogen) atoms. The van der Waals surface area contributed by atoms with E-state index in [4.69, 9.17) is 0 Å². The maximum absolute atomic E-state index is 12.1. The minimum atomic E-state index is -3.46. The molecule has 0 heterocycles. The van der Waals surface area contributed by atoms with Crippen LogP contribution < -0.4 is 9.84 Å². The van der Waals surface area contributed by atoms with E-state index in [1.807, 2.05) is 0 Å². The zero-order valence-corrected chi connectivity index (χ0v) is 16.6. The van der Waals surface area contributed by atoms with Crippen molar-refractivity contribution in [2.45, 2.75) is 70.0 Å². The van der Waals surface area contributed by atoms with E-state index < -0.39 is 21.7 Å². The highest BCUT2D eigenvalue weighted by atomic mass is 32.2. The number of aliphatic hydroxyl groups excluding tert-OH is 1. The van der Waals surface area contributed by atoms with Gasteiger partial charge >= 0.3 is 0 Å². The smallest absolute Gasteiger partial charge is 0.245 e. The Bertz CT molecular complexity index is 657. The largest absolute Gasteiger partial charge is 0.387 e. The van der Waals surface area contributed by atoms with Crippen LogP contribution in [0.2, 0.25) is 0 Å². The maximum atomic E-state index is 12.1. The molecule has 148 valence electrons. The van der Waals surface area contributed by atoms with Crippen molar-refractivity contribution in [2.24, 2.45) is 0 Å². The fourth-order valence-electron chi connectivity index (χ4n) is 3.22. The standard InChI is InChI=1S/C19H32N2O4S/c1-3-4-5-6-7-15-20-21(26(2,24)25)17-11-9-16(10-12-17)18(22)19(23)13-8-14-19/h9-12,18,20,22-23H,3-8,13-15H2,1-2H3. The lowest BCUT2D eigenvalue weighted by Gasteiger charge is -2.40. The van der Waals surface area contributed by atoms with Gasteiger partial charge in [0, 0.05) is 6.54 Å². The molecule has 2 rings (SSSR count). The SMILES string of the molecule is CCCCCCCNN(c1ccc(C(O)C2(O)CCC2)cc1)S(C)(=O)=O. The number of rotatable bonds is 11. The predicted molar refractivity (Wildman–Crippen MR) is 104 cm³/mol. The molecule has 0 aliphatic heterocycles. The number of hydrazine groups is 1. The van der Waals surface area contributed by atoms with Gasteiger partial charge in [-0.2, -0.15) is 0 Å². The molecule has 0 spiro atoms. The number of sulfonamides is 1. The summed E-state index contributed by atoms with van der Waals surface area (Å²) in [6.45, 7) is 2.74. The highest BCUT2D eigenvalue weighted by molar-refractivity contribution is 7.92. The lowest BCUT2D eigenvalue weighted by Crippen LogP contribution is -2.43. The second kappa shape index (κ2) is 9.17. The minimum Gasteiger partial charge on any atom is -0.387 e. The first kappa shape index (κ1) is 21.2. The van der Waals surface area contributed by atoms with E-state index in [2.05, 4.69) is 12.3 Å². The van der Waals surface area contributed by atoms with Crippen LogP contribution in [-0.2, 0) is 10.0 Å². The maximum Gasteiger partial charge on any atom is 0.245 e. The van der Waals surface area contributed by atoms with E-state index in [1.54, 1.807) is 24.3 Å². The normalized spacial score (nSPS) is 17.5. The summed E-state index contributed by atoms with van der Waals surface area (Å²) in [6, 6.07) is 6.67. The first-order valence-corrected chi connectivity index (χ1v) is 11.4. The minimum absolute atomic E-state index is 0.498. The van der Waals surface area contributed by atoms with Gasteiger partial charge in [-0.05, 0) is 43.4 Å². The van der Waals surface area contributed by atoms with E-state index in [1.165, 1.54) is 17.3 Å². The monoisotopic (exact) mass is 384 g/mol. The van der Waals surface area contributed by atoms with Crippen molar-refractivity contribution in [3.63, 3.8) is 0 Å². The number of anilines is 1. The van der Waals surface area contributed by atoms with E-state index in [0.717, 1.165) is 31.9 Å². The second-order valence-electron chi connectivity index (χ2n) is 7.30. The third-order valence-corrected chi connectivity index (χ3v) is 6.04. The van der Waals surface area contributed by atoms with Crippen LogP contribution in [0.4, 0.5) is 5.69 Å². The molecule has 1 aliphatic rings. The molecule has 1 saturated carbocycles. The molecule has 1 unspecified atom stereocenters.